The highest BCUT2D eigenvalue weighted by Crippen LogP contribution is 2.63. The van der Waals surface area contributed by atoms with Crippen LogP contribution in [0.2, 0.25) is 0 Å². The second-order valence-electron chi connectivity index (χ2n) is 16.7. The minimum absolute atomic E-state index is 0.480. The Bertz CT molecular complexity index is 3780. The second-order valence-corrected chi connectivity index (χ2v) is 16.7. The van der Waals surface area contributed by atoms with E-state index in [1.165, 1.54) is 49.9 Å². The van der Waals surface area contributed by atoms with E-state index in [9.17, 15) is 0 Å². The van der Waals surface area contributed by atoms with Crippen LogP contribution in [0.25, 0.3) is 88.0 Å². The monoisotopic (exact) mass is 789 g/mol. The maximum Gasteiger partial charge on any atom is 0.143 e. The fourth-order valence-corrected chi connectivity index (χ4v) is 11.2. The zero-order chi connectivity index (χ0) is 40.5. The maximum atomic E-state index is 6.60. The second kappa shape index (κ2) is 12.4. The van der Waals surface area contributed by atoms with Gasteiger partial charge in [0, 0.05) is 32.8 Å². The van der Waals surface area contributed by atoms with Crippen LogP contribution in [-0.4, -0.2) is 0 Å². The third kappa shape index (κ3) is 4.39. The van der Waals surface area contributed by atoms with Crippen molar-refractivity contribution in [3.05, 3.63) is 235 Å². The lowest BCUT2D eigenvalue weighted by Crippen LogP contribution is -2.26. The van der Waals surface area contributed by atoms with Crippen LogP contribution < -0.4 is 4.90 Å². The number of para-hydroxylation sites is 2. The fourth-order valence-electron chi connectivity index (χ4n) is 11.2. The number of benzene rings is 10. The van der Waals surface area contributed by atoms with E-state index in [1.807, 2.05) is 6.07 Å². The standard InChI is InChI=1S/C59H35NO2/c1-2-16-40-36(14-1)28-31-45-47-34-37(29-33-55(47)62-58(40)45)39-15-6-11-24-52(39)60(53-25-13-27-56-57(53)46-20-7-12-26-54(46)61-56)38-30-32-44-43-19-5-10-23-50(43)59(51(44)35-38)48-21-8-3-17-41(48)42-18-4-9-22-49(42)59/h1-35H. The summed E-state index contributed by atoms with van der Waals surface area (Å²) in [7, 11) is 0. The molecule has 0 amide bonds. The Morgan fingerprint density at radius 3 is 1.71 bits per heavy atom. The number of hydrogen-bond acceptors (Lipinski definition) is 3. The van der Waals surface area contributed by atoms with Crippen molar-refractivity contribution in [1.29, 1.82) is 0 Å². The molecule has 0 aliphatic heterocycles. The van der Waals surface area contributed by atoms with Crippen molar-refractivity contribution in [2.24, 2.45) is 0 Å². The van der Waals surface area contributed by atoms with Gasteiger partial charge in [-0.25, -0.2) is 0 Å². The lowest BCUT2D eigenvalue weighted by molar-refractivity contribution is 0.669. The van der Waals surface area contributed by atoms with Crippen LogP contribution in [0.4, 0.5) is 17.1 Å². The first-order chi connectivity index (χ1) is 30.8. The van der Waals surface area contributed by atoms with Gasteiger partial charge in [-0.2, -0.15) is 0 Å². The number of anilines is 3. The first-order valence-electron chi connectivity index (χ1n) is 21.3. The summed E-state index contributed by atoms with van der Waals surface area (Å²) in [5.74, 6) is 0. The van der Waals surface area contributed by atoms with Crippen molar-refractivity contribution in [3.63, 3.8) is 0 Å². The smallest absolute Gasteiger partial charge is 0.143 e. The molecule has 10 aromatic carbocycles. The van der Waals surface area contributed by atoms with E-state index in [1.54, 1.807) is 0 Å². The summed E-state index contributed by atoms with van der Waals surface area (Å²) >= 11 is 0. The van der Waals surface area contributed by atoms with E-state index in [-0.39, 0.29) is 0 Å². The van der Waals surface area contributed by atoms with Gasteiger partial charge >= 0.3 is 0 Å². The highest BCUT2D eigenvalue weighted by atomic mass is 16.3. The van der Waals surface area contributed by atoms with Gasteiger partial charge in [-0.05, 0) is 110 Å². The Hall–Kier alpha value is -8.14. The van der Waals surface area contributed by atoms with Gasteiger partial charge in [0.1, 0.15) is 22.3 Å². The van der Waals surface area contributed by atoms with Crippen LogP contribution in [0.1, 0.15) is 22.3 Å². The number of nitrogens with zero attached hydrogens (tertiary/aromatic N) is 1. The maximum absolute atomic E-state index is 6.60. The van der Waals surface area contributed by atoms with Gasteiger partial charge in [-0.3, -0.25) is 0 Å². The van der Waals surface area contributed by atoms with E-state index < -0.39 is 5.41 Å². The highest BCUT2D eigenvalue weighted by Gasteiger charge is 2.51. The molecule has 14 rings (SSSR count). The van der Waals surface area contributed by atoms with Crippen LogP contribution in [0, 0.1) is 0 Å². The van der Waals surface area contributed by atoms with Crippen molar-refractivity contribution < 1.29 is 8.83 Å². The predicted octanol–water partition coefficient (Wildman–Crippen LogP) is 16.1. The van der Waals surface area contributed by atoms with Gasteiger partial charge in [0.05, 0.1) is 22.2 Å². The summed E-state index contributed by atoms with van der Waals surface area (Å²) in [6.45, 7) is 0. The van der Waals surface area contributed by atoms with Gasteiger partial charge < -0.3 is 13.7 Å². The lowest BCUT2D eigenvalue weighted by atomic mass is 9.70. The normalized spacial score (nSPS) is 13.3. The van der Waals surface area contributed by atoms with E-state index in [0.29, 0.717) is 0 Å². The molecule has 62 heavy (non-hydrogen) atoms. The summed E-state index contributed by atoms with van der Waals surface area (Å²) in [5, 5.41) is 6.68. The molecule has 1 spiro atoms. The molecule has 0 fully saturated rings. The molecule has 0 saturated heterocycles. The molecule has 2 heterocycles. The van der Waals surface area contributed by atoms with Crippen molar-refractivity contribution in [3.8, 4) is 33.4 Å². The first-order valence-corrected chi connectivity index (χ1v) is 21.3. The Morgan fingerprint density at radius 1 is 0.339 bits per heavy atom. The van der Waals surface area contributed by atoms with E-state index in [4.69, 9.17) is 8.83 Å². The summed E-state index contributed by atoms with van der Waals surface area (Å²) in [6.07, 6.45) is 0. The van der Waals surface area contributed by atoms with Gasteiger partial charge in [0.15, 0.2) is 0 Å². The molecule has 0 radical (unpaired) electrons. The molecular formula is C59H35NO2. The Balaban J connectivity index is 1.05. The quantitative estimate of drug-likeness (QED) is 0.178. The molecule has 3 heteroatoms. The molecule has 12 aromatic rings. The molecule has 2 aliphatic rings. The summed E-state index contributed by atoms with van der Waals surface area (Å²) < 4.78 is 13.2. The summed E-state index contributed by atoms with van der Waals surface area (Å²) in [5.41, 5.74) is 18.9. The minimum atomic E-state index is -0.480. The predicted molar refractivity (Wildman–Crippen MR) is 255 cm³/mol. The summed E-state index contributed by atoms with van der Waals surface area (Å²) in [4.78, 5) is 2.47. The average molecular weight is 790 g/mol. The Morgan fingerprint density at radius 2 is 0.935 bits per heavy atom. The van der Waals surface area contributed by atoms with Crippen LogP contribution in [0.5, 0.6) is 0 Å². The molecule has 0 unspecified atom stereocenters. The first kappa shape index (κ1) is 33.7. The van der Waals surface area contributed by atoms with Crippen molar-refractivity contribution in [1.82, 2.24) is 0 Å². The molecule has 2 aromatic heterocycles. The van der Waals surface area contributed by atoms with Crippen molar-refractivity contribution >= 4 is 71.7 Å². The molecule has 0 saturated carbocycles. The SMILES string of the molecule is c1ccc(N(c2ccc3c(c2)C2(c4ccccc4-c4ccccc42)c2ccccc2-3)c2cccc3oc4ccccc4c23)c(-c2ccc3oc4c5ccccc5ccc4c3c2)c1. The third-order valence-electron chi connectivity index (χ3n) is 13.7. The van der Waals surface area contributed by atoms with Crippen molar-refractivity contribution in [2.75, 3.05) is 4.90 Å². The zero-order valence-electron chi connectivity index (χ0n) is 33.5. The molecule has 0 N–H and O–H groups in total. The molecule has 288 valence electrons. The fraction of sp³-hybridized carbons (Fsp3) is 0.0169. The lowest BCUT2D eigenvalue weighted by Gasteiger charge is -2.33. The van der Waals surface area contributed by atoms with Gasteiger partial charge in [0.25, 0.3) is 0 Å². The Labute approximate surface area is 357 Å². The van der Waals surface area contributed by atoms with Crippen molar-refractivity contribution in [2.45, 2.75) is 5.41 Å². The molecular weight excluding hydrogens is 755 g/mol. The Kier molecular flexibility index (Phi) is 6.76. The topological polar surface area (TPSA) is 29.5 Å². The highest BCUT2D eigenvalue weighted by molar-refractivity contribution is 6.17. The average Bonchev–Trinajstić information content (AvgIpc) is 4.07. The largest absolute Gasteiger partial charge is 0.456 e. The van der Waals surface area contributed by atoms with E-state index in [2.05, 4.69) is 211 Å². The van der Waals surface area contributed by atoms with Crippen LogP contribution in [0.15, 0.2) is 221 Å². The molecule has 0 bridgehead atoms. The number of hydrogen-bond donors (Lipinski definition) is 0. The van der Waals surface area contributed by atoms with Crippen LogP contribution in [0.3, 0.4) is 0 Å². The van der Waals surface area contributed by atoms with Gasteiger partial charge in [0.2, 0.25) is 0 Å². The van der Waals surface area contributed by atoms with Crippen LogP contribution >= 0.6 is 0 Å². The summed E-state index contributed by atoms with van der Waals surface area (Å²) in [6, 6.07) is 77.4. The third-order valence-corrected chi connectivity index (χ3v) is 13.7. The van der Waals surface area contributed by atoms with E-state index in [0.717, 1.165) is 77.5 Å². The van der Waals surface area contributed by atoms with Crippen LogP contribution in [-0.2, 0) is 5.41 Å². The van der Waals surface area contributed by atoms with Gasteiger partial charge in [-0.1, -0.05) is 158 Å². The molecule has 0 atom stereocenters. The molecule has 2 aliphatic carbocycles. The number of rotatable bonds is 4. The number of furan rings is 2. The zero-order valence-corrected chi connectivity index (χ0v) is 33.5. The molecule has 3 nitrogen and oxygen atoms in total. The van der Waals surface area contributed by atoms with Gasteiger partial charge in [-0.15, -0.1) is 0 Å². The van der Waals surface area contributed by atoms with E-state index >= 15 is 0 Å². The minimum Gasteiger partial charge on any atom is -0.456 e. The number of fused-ring (bicyclic) bond motifs is 18.